The van der Waals surface area contributed by atoms with E-state index < -0.39 is 15.1 Å². The van der Waals surface area contributed by atoms with Gasteiger partial charge in [-0.15, -0.1) is 0 Å². The van der Waals surface area contributed by atoms with E-state index in [0.717, 1.165) is 6.42 Å². The lowest BCUT2D eigenvalue weighted by Crippen LogP contribution is -2.35. The number of hydrogen-bond acceptors (Lipinski definition) is 4. The standard InChI is InChI=1S/C12H16O4S/c1-2-9-6-7-10(16-9)12(13)11-5-3-4-8-17(11,14)15/h6-7,11H,2-5,8H2,1H3. The molecule has 94 valence electrons. The fraction of sp³-hybridized carbons (Fsp3) is 0.583. The van der Waals surface area contributed by atoms with Gasteiger partial charge in [0, 0.05) is 6.42 Å². The number of Topliss-reactive ketones (excluding diaryl/α,β-unsaturated/α-hetero) is 1. The largest absolute Gasteiger partial charge is 0.458 e. The van der Waals surface area contributed by atoms with E-state index in [2.05, 4.69) is 0 Å². The molecule has 0 aromatic carbocycles. The summed E-state index contributed by atoms with van der Waals surface area (Å²) in [6.45, 7) is 1.92. The number of rotatable bonds is 3. The maximum Gasteiger partial charge on any atom is 0.216 e. The van der Waals surface area contributed by atoms with E-state index in [1.807, 2.05) is 6.92 Å². The third-order valence-corrected chi connectivity index (χ3v) is 5.30. The Morgan fingerprint density at radius 3 is 2.76 bits per heavy atom. The molecule has 1 atom stereocenters. The molecule has 1 aromatic rings. The third-order valence-electron chi connectivity index (χ3n) is 3.12. The van der Waals surface area contributed by atoms with Gasteiger partial charge >= 0.3 is 0 Å². The van der Waals surface area contributed by atoms with Crippen molar-refractivity contribution in [1.29, 1.82) is 0 Å². The van der Waals surface area contributed by atoms with Crippen LogP contribution in [0, 0.1) is 0 Å². The zero-order chi connectivity index (χ0) is 12.5. The van der Waals surface area contributed by atoms with Gasteiger partial charge in [-0.05, 0) is 25.0 Å². The van der Waals surface area contributed by atoms with Crippen molar-refractivity contribution in [3.63, 3.8) is 0 Å². The summed E-state index contributed by atoms with van der Waals surface area (Å²) in [7, 11) is -3.28. The Labute approximate surface area is 101 Å². The average Bonchev–Trinajstić information content (AvgIpc) is 2.76. The molecule has 17 heavy (non-hydrogen) atoms. The second kappa shape index (κ2) is 4.64. The summed E-state index contributed by atoms with van der Waals surface area (Å²) in [6.07, 6.45) is 2.56. The first kappa shape index (κ1) is 12.4. The highest BCUT2D eigenvalue weighted by atomic mass is 32.2. The molecule has 0 spiro atoms. The van der Waals surface area contributed by atoms with Crippen molar-refractivity contribution in [2.24, 2.45) is 0 Å². The molecule has 0 bridgehead atoms. The molecule has 1 aliphatic heterocycles. The average molecular weight is 256 g/mol. The molecule has 1 aromatic heterocycles. The molecule has 1 fully saturated rings. The Balaban J connectivity index is 2.24. The lowest BCUT2D eigenvalue weighted by molar-refractivity contribution is 0.0953. The highest BCUT2D eigenvalue weighted by Crippen LogP contribution is 2.24. The van der Waals surface area contributed by atoms with E-state index >= 15 is 0 Å². The number of carbonyl (C=O) groups is 1. The molecule has 1 aliphatic rings. The van der Waals surface area contributed by atoms with Crippen LogP contribution in [0.5, 0.6) is 0 Å². The van der Waals surface area contributed by atoms with Gasteiger partial charge in [-0.3, -0.25) is 4.79 Å². The zero-order valence-corrected chi connectivity index (χ0v) is 10.6. The van der Waals surface area contributed by atoms with Crippen molar-refractivity contribution in [1.82, 2.24) is 0 Å². The molecule has 0 aliphatic carbocycles. The Bertz CT molecular complexity index is 512. The van der Waals surface area contributed by atoms with Crippen LogP contribution in [0.4, 0.5) is 0 Å². The van der Waals surface area contributed by atoms with Gasteiger partial charge in [-0.1, -0.05) is 13.3 Å². The normalized spacial score (nSPS) is 23.5. The van der Waals surface area contributed by atoms with Crippen LogP contribution in [0.1, 0.15) is 42.5 Å². The molecular weight excluding hydrogens is 240 g/mol. The summed E-state index contributed by atoms with van der Waals surface area (Å²) >= 11 is 0. The van der Waals surface area contributed by atoms with Crippen molar-refractivity contribution in [2.45, 2.75) is 37.9 Å². The zero-order valence-electron chi connectivity index (χ0n) is 9.81. The second-order valence-corrected chi connectivity index (χ2v) is 6.64. The van der Waals surface area contributed by atoms with E-state index in [1.165, 1.54) is 0 Å². The van der Waals surface area contributed by atoms with E-state index in [1.54, 1.807) is 12.1 Å². The first-order chi connectivity index (χ1) is 8.04. The Morgan fingerprint density at radius 2 is 2.18 bits per heavy atom. The molecule has 5 heteroatoms. The molecule has 2 rings (SSSR count). The van der Waals surface area contributed by atoms with Gasteiger partial charge in [-0.25, -0.2) is 8.42 Å². The predicted octanol–water partition coefficient (Wildman–Crippen LogP) is 1.99. The molecule has 4 nitrogen and oxygen atoms in total. The van der Waals surface area contributed by atoms with Gasteiger partial charge in [0.1, 0.15) is 11.0 Å². The van der Waals surface area contributed by atoms with Crippen LogP contribution in [0.25, 0.3) is 0 Å². The first-order valence-electron chi connectivity index (χ1n) is 5.89. The molecule has 0 amide bonds. The van der Waals surface area contributed by atoms with Crippen LogP contribution < -0.4 is 0 Å². The van der Waals surface area contributed by atoms with Gasteiger partial charge in [0.2, 0.25) is 5.78 Å². The van der Waals surface area contributed by atoms with Gasteiger partial charge in [0.25, 0.3) is 0 Å². The van der Waals surface area contributed by atoms with Crippen LogP contribution in [0.2, 0.25) is 0 Å². The van der Waals surface area contributed by atoms with Crippen LogP contribution in [-0.2, 0) is 16.3 Å². The van der Waals surface area contributed by atoms with E-state index in [0.29, 0.717) is 25.0 Å². The van der Waals surface area contributed by atoms with Gasteiger partial charge in [-0.2, -0.15) is 0 Å². The number of furan rings is 1. The Hall–Kier alpha value is -1.10. The molecule has 0 N–H and O–H groups in total. The van der Waals surface area contributed by atoms with Crippen molar-refractivity contribution in [3.05, 3.63) is 23.7 Å². The molecular formula is C12H16O4S. The summed E-state index contributed by atoms with van der Waals surface area (Å²) in [5.74, 6) is 0.619. The molecule has 2 heterocycles. The SMILES string of the molecule is CCc1ccc(C(=O)C2CCCCS2(=O)=O)o1. The third kappa shape index (κ3) is 2.44. The van der Waals surface area contributed by atoms with E-state index in [9.17, 15) is 13.2 Å². The summed E-state index contributed by atoms with van der Waals surface area (Å²) in [6, 6.07) is 3.30. The Kier molecular flexibility index (Phi) is 3.38. The topological polar surface area (TPSA) is 64.3 Å². The number of sulfone groups is 1. The number of ketones is 1. The lowest BCUT2D eigenvalue weighted by Gasteiger charge is -2.19. The molecule has 1 saturated heterocycles. The van der Waals surface area contributed by atoms with Crippen LogP contribution in [0.3, 0.4) is 0 Å². The van der Waals surface area contributed by atoms with E-state index in [4.69, 9.17) is 4.42 Å². The van der Waals surface area contributed by atoms with Crippen LogP contribution in [-0.4, -0.2) is 25.2 Å². The monoisotopic (exact) mass is 256 g/mol. The number of carbonyl (C=O) groups excluding carboxylic acids is 1. The summed E-state index contributed by atoms with van der Waals surface area (Å²) in [5.41, 5.74) is 0. The quantitative estimate of drug-likeness (QED) is 0.776. The summed E-state index contributed by atoms with van der Waals surface area (Å²) in [5, 5.41) is -0.896. The molecule has 0 saturated carbocycles. The Morgan fingerprint density at radius 1 is 1.41 bits per heavy atom. The highest BCUT2D eigenvalue weighted by molar-refractivity contribution is 7.92. The van der Waals surface area contributed by atoms with Crippen molar-refractivity contribution in [2.75, 3.05) is 5.75 Å². The molecule has 1 unspecified atom stereocenters. The minimum Gasteiger partial charge on any atom is -0.458 e. The first-order valence-corrected chi connectivity index (χ1v) is 7.60. The predicted molar refractivity (Wildman–Crippen MR) is 63.8 cm³/mol. The summed E-state index contributed by atoms with van der Waals surface area (Å²) in [4.78, 5) is 12.1. The minimum absolute atomic E-state index is 0.116. The lowest BCUT2D eigenvalue weighted by atomic mass is 10.1. The number of hydrogen-bond donors (Lipinski definition) is 0. The minimum atomic E-state index is -3.28. The fourth-order valence-corrected chi connectivity index (χ4v) is 3.97. The van der Waals surface area contributed by atoms with Crippen molar-refractivity contribution >= 4 is 15.6 Å². The smallest absolute Gasteiger partial charge is 0.216 e. The van der Waals surface area contributed by atoms with Crippen molar-refractivity contribution < 1.29 is 17.6 Å². The number of aryl methyl sites for hydroxylation is 1. The van der Waals surface area contributed by atoms with Crippen LogP contribution in [0.15, 0.2) is 16.5 Å². The fourth-order valence-electron chi connectivity index (χ4n) is 2.11. The molecule has 0 radical (unpaired) electrons. The van der Waals surface area contributed by atoms with Gasteiger partial charge in [0.15, 0.2) is 15.6 Å². The van der Waals surface area contributed by atoms with E-state index in [-0.39, 0.29) is 17.3 Å². The van der Waals surface area contributed by atoms with Gasteiger partial charge < -0.3 is 4.42 Å². The summed E-state index contributed by atoms with van der Waals surface area (Å²) < 4.78 is 28.9. The van der Waals surface area contributed by atoms with Crippen molar-refractivity contribution in [3.8, 4) is 0 Å². The second-order valence-electron chi connectivity index (χ2n) is 4.34. The van der Waals surface area contributed by atoms with Crippen LogP contribution >= 0.6 is 0 Å². The maximum atomic E-state index is 12.1. The van der Waals surface area contributed by atoms with Gasteiger partial charge in [0.05, 0.1) is 5.75 Å². The highest BCUT2D eigenvalue weighted by Gasteiger charge is 2.36. The maximum absolute atomic E-state index is 12.1.